The van der Waals surface area contributed by atoms with E-state index in [0.29, 0.717) is 0 Å². The molecule has 0 atom stereocenters. The van der Waals surface area contributed by atoms with Crippen molar-refractivity contribution in [2.75, 3.05) is 0 Å². The first-order valence-electron chi connectivity index (χ1n) is 7.28. The van der Waals surface area contributed by atoms with E-state index in [4.69, 9.17) is 9.97 Å². The van der Waals surface area contributed by atoms with Gasteiger partial charge in [0, 0.05) is 10.3 Å². The summed E-state index contributed by atoms with van der Waals surface area (Å²) in [5.41, 5.74) is 1.43. The van der Waals surface area contributed by atoms with Crippen molar-refractivity contribution in [3.63, 3.8) is 0 Å². The molecule has 1 aliphatic carbocycles. The van der Waals surface area contributed by atoms with Crippen LogP contribution in [0.5, 0.6) is 0 Å². The number of fused-ring (bicyclic) bond motifs is 3. The molecule has 0 fully saturated rings. The highest BCUT2D eigenvalue weighted by atomic mass is 32.2. The second kappa shape index (κ2) is 5.40. The van der Waals surface area contributed by atoms with Gasteiger partial charge in [0.1, 0.15) is 16.2 Å². The number of H-pyrrole nitrogens is 1. The standard InChI is InChI=1S/C15H11N5S3/c1-3-8-9(4-1)22-13-11(8)14(23-15-16-7-17-20-15)19-12(18-13)10-5-2-6-21-10/h2,5-7H,1,3-4H2,(H,16,17,20). The van der Waals surface area contributed by atoms with Crippen LogP contribution >= 0.6 is 34.4 Å². The maximum Gasteiger partial charge on any atom is 0.189 e. The number of hydrogen-bond donors (Lipinski definition) is 1. The molecular weight excluding hydrogens is 346 g/mol. The van der Waals surface area contributed by atoms with Crippen molar-refractivity contribution in [1.82, 2.24) is 25.1 Å². The lowest BCUT2D eigenvalue weighted by Gasteiger charge is -2.05. The van der Waals surface area contributed by atoms with Gasteiger partial charge in [-0.3, -0.25) is 5.10 Å². The molecule has 0 saturated heterocycles. The number of aromatic amines is 1. The summed E-state index contributed by atoms with van der Waals surface area (Å²) in [6.07, 6.45) is 5.05. The van der Waals surface area contributed by atoms with Crippen molar-refractivity contribution in [1.29, 1.82) is 0 Å². The summed E-state index contributed by atoms with van der Waals surface area (Å²) >= 11 is 5.02. The molecule has 114 valence electrons. The highest BCUT2D eigenvalue weighted by Gasteiger charge is 2.23. The zero-order valence-electron chi connectivity index (χ0n) is 11.9. The van der Waals surface area contributed by atoms with Crippen molar-refractivity contribution in [2.45, 2.75) is 29.4 Å². The lowest BCUT2D eigenvalue weighted by molar-refractivity contribution is 0.915. The molecular formula is C15H11N5S3. The Hall–Kier alpha value is -1.77. The minimum Gasteiger partial charge on any atom is -0.254 e. The van der Waals surface area contributed by atoms with E-state index in [1.54, 1.807) is 11.3 Å². The largest absolute Gasteiger partial charge is 0.254 e. The lowest BCUT2D eigenvalue weighted by Crippen LogP contribution is -1.92. The first-order valence-corrected chi connectivity index (χ1v) is 9.79. The van der Waals surface area contributed by atoms with Gasteiger partial charge in [-0.05, 0) is 48.0 Å². The summed E-state index contributed by atoms with van der Waals surface area (Å²) in [5.74, 6) is 0.800. The van der Waals surface area contributed by atoms with Gasteiger partial charge in [-0.25, -0.2) is 15.0 Å². The van der Waals surface area contributed by atoms with Crippen LogP contribution in [-0.2, 0) is 12.8 Å². The number of aryl methyl sites for hydroxylation is 2. The van der Waals surface area contributed by atoms with Gasteiger partial charge in [0.25, 0.3) is 0 Å². The molecule has 0 spiro atoms. The number of hydrogen-bond acceptors (Lipinski definition) is 7. The monoisotopic (exact) mass is 357 g/mol. The Labute approximate surface area is 144 Å². The number of thiophene rings is 2. The van der Waals surface area contributed by atoms with E-state index in [0.717, 1.165) is 38.6 Å². The van der Waals surface area contributed by atoms with Crippen LogP contribution < -0.4 is 0 Å². The Kier molecular flexibility index (Phi) is 3.20. The third-order valence-corrected chi connectivity index (χ3v) is 6.79. The molecule has 0 aromatic carbocycles. The van der Waals surface area contributed by atoms with Gasteiger partial charge in [0.2, 0.25) is 0 Å². The van der Waals surface area contributed by atoms with Crippen LogP contribution in [0.1, 0.15) is 16.9 Å². The first-order chi connectivity index (χ1) is 11.4. The maximum absolute atomic E-state index is 4.85. The quantitative estimate of drug-likeness (QED) is 0.557. The summed E-state index contributed by atoms with van der Waals surface area (Å²) in [5, 5.41) is 11.9. The topological polar surface area (TPSA) is 67.3 Å². The second-order valence-electron chi connectivity index (χ2n) is 5.26. The molecule has 0 amide bonds. The summed E-state index contributed by atoms with van der Waals surface area (Å²) < 4.78 is 0. The molecule has 0 aliphatic heterocycles. The second-order valence-corrected chi connectivity index (χ2v) is 8.27. The van der Waals surface area contributed by atoms with E-state index in [9.17, 15) is 0 Å². The van der Waals surface area contributed by atoms with Crippen LogP contribution in [0.2, 0.25) is 0 Å². The van der Waals surface area contributed by atoms with Gasteiger partial charge in [-0.2, -0.15) is 5.10 Å². The average molecular weight is 357 g/mol. The average Bonchev–Trinajstić information content (AvgIpc) is 3.31. The first kappa shape index (κ1) is 13.6. The summed E-state index contributed by atoms with van der Waals surface area (Å²) in [6.45, 7) is 0. The Balaban J connectivity index is 1.74. The van der Waals surface area contributed by atoms with E-state index in [1.165, 1.54) is 40.3 Å². The Bertz CT molecular complexity index is 973. The van der Waals surface area contributed by atoms with Crippen LogP contribution in [0, 0.1) is 0 Å². The van der Waals surface area contributed by atoms with Gasteiger partial charge < -0.3 is 0 Å². The number of nitrogens with one attached hydrogen (secondary N) is 1. The van der Waals surface area contributed by atoms with Crippen LogP contribution in [-0.4, -0.2) is 25.1 Å². The zero-order valence-corrected chi connectivity index (χ0v) is 14.4. The van der Waals surface area contributed by atoms with Gasteiger partial charge in [-0.15, -0.1) is 22.7 Å². The smallest absolute Gasteiger partial charge is 0.189 e. The minimum atomic E-state index is 0.764. The summed E-state index contributed by atoms with van der Waals surface area (Å²) in [7, 11) is 0. The molecule has 0 saturated carbocycles. The maximum atomic E-state index is 4.85. The van der Waals surface area contributed by atoms with E-state index in [2.05, 4.69) is 26.6 Å². The molecule has 1 N–H and O–H groups in total. The molecule has 1 aliphatic rings. The molecule has 4 heterocycles. The molecule has 5 rings (SSSR count). The van der Waals surface area contributed by atoms with E-state index >= 15 is 0 Å². The molecule has 23 heavy (non-hydrogen) atoms. The van der Waals surface area contributed by atoms with Crippen LogP contribution in [0.25, 0.3) is 20.9 Å². The molecule has 4 aromatic rings. The summed E-state index contributed by atoms with van der Waals surface area (Å²) in [4.78, 5) is 17.6. The normalized spacial score (nSPS) is 13.7. The number of rotatable bonds is 3. The molecule has 0 bridgehead atoms. The Morgan fingerprint density at radius 2 is 2.22 bits per heavy atom. The SMILES string of the molecule is c1csc(-c2nc(Sc3ncn[nH]3)c3c4c(sc3n2)CCC4)c1. The van der Waals surface area contributed by atoms with Crippen molar-refractivity contribution >= 4 is 44.7 Å². The predicted molar refractivity (Wildman–Crippen MR) is 93.3 cm³/mol. The van der Waals surface area contributed by atoms with E-state index in [1.807, 2.05) is 17.4 Å². The highest BCUT2D eigenvalue weighted by Crippen LogP contribution is 2.42. The van der Waals surface area contributed by atoms with Gasteiger partial charge in [0.05, 0.1) is 4.88 Å². The van der Waals surface area contributed by atoms with Gasteiger partial charge >= 0.3 is 0 Å². The minimum absolute atomic E-state index is 0.764. The van der Waals surface area contributed by atoms with E-state index < -0.39 is 0 Å². The third-order valence-electron chi connectivity index (χ3n) is 3.86. The number of aromatic nitrogens is 5. The van der Waals surface area contributed by atoms with Crippen molar-refractivity contribution in [3.05, 3.63) is 34.3 Å². The highest BCUT2D eigenvalue weighted by molar-refractivity contribution is 7.99. The fourth-order valence-corrected chi connectivity index (χ4v) is 5.71. The van der Waals surface area contributed by atoms with Crippen molar-refractivity contribution in [2.24, 2.45) is 0 Å². The van der Waals surface area contributed by atoms with Crippen LogP contribution in [0.15, 0.2) is 34.0 Å². The van der Waals surface area contributed by atoms with Crippen molar-refractivity contribution < 1.29 is 0 Å². The fraction of sp³-hybridized carbons (Fsp3) is 0.200. The Morgan fingerprint density at radius 1 is 1.22 bits per heavy atom. The third kappa shape index (κ3) is 2.29. The van der Waals surface area contributed by atoms with Crippen LogP contribution in [0.3, 0.4) is 0 Å². The molecule has 0 unspecified atom stereocenters. The summed E-state index contributed by atoms with van der Waals surface area (Å²) in [6, 6.07) is 4.10. The molecule has 0 radical (unpaired) electrons. The molecule has 5 nitrogen and oxygen atoms in total. The molecule has 4 aromatic heterocycles. The predicted octanol–water partition coefficient (Wildman–Crippen LogP) is 4.18. The van der Waals surface area contributed by atoms with Gasteiger partial charge in [0.15, 0.2) is 11.0 Å². The fourth-order valence-electron chi connectivity index (χ4n) is 2.89. The van der Waals surface area contributed by atoms with Crippen LogP contribution in [0.4, 0.5) is 0 Å². The van der Waals surface area contributed by atoms with Crippen molar-refractivity contribution in [3.8, 4) is 10.7 Å². The molecule has 8 heteroatoms. The lowest BCUT2D eigenvalue weighted by atomic mass is 10.2. The number of nitrogens with zero attached hydrogens (tertiary/aromatic N) is 4. The zero-order chi connectivity index (χ0) is 15.2. The Morgan fingerprint density at radius 3 is 3.04 bits per heavy atom. The van der Waals surface area contributed by atoms with E-state index in [-0.39, 0.29) is 0 Å². The van der Waals surface area contributed by atoms with Gasteiger partial charge in [-0.1, -0.05) is 6.07 Å².